The molecular formula is C14H17N3O. The van der Waals surface area contributed by atoms with Crippen LogP contribution in [0.5, 0.6) is 5.88 Å². The van der Waals surface area contributed by atoms with E-state index in [0.29, 0.717) is 12.4 Å². The summed E-state index contributed by atoms with van der Waals surface area (Å²) < 4.78 is 5.06. The maximum Gasteiger partial charge on any atom is 0.214 e. The second-order valence-electron chi connectivity index (χ2n) is 3.96. The van der Waals surface area contributed by atoms with Crippen LogP contribution in [-0.2, 0) is 0 Å². The van der Waals surface area contributed by atoms with Crippen LogP contribution in [-0.4, -0.2) is 18.6 Å². The van der Waals surface area contributed by atoms with Gasteiger partial charge in [-0.25, -0.2) is 0 Å². The number of pyridine rings is 1. The molecule has 2 aromatic rings. The van der Waals surface area contributed by atoms with Gasteiger partial charge in [-0.05, 0) is 11.6 Å². The average molecular weight is 243 g/mol. The largest absolute Gasteiger partial charge is 0.481 e. The smallest absolute Gasteiger partial charge is 0.214 e. The van der Waals surface area contributed by atoms with Crippen LogP contribution in [0.15, 0.2) is 48.5 Å². The first-order valence-corrected chi connectivity index (χ1v) is 5.85. The van der Waals surface area contributed by atoms with Crippen molar-refractivity contribution in [2.24, 2.45) is 5.73 Å². The zero-order valence-electron chi connectivity index (χ0n) is 10.3. The first-order chi connectivity index (χ1) is 8.79. The topological polar surface area (TPSA) is 60.2 Å². The molecule has 4 heteroatoms. The van der Waals surface area contributed by atoms with E-state index in [1.807, 2.05) is 48.5 Å². The van der Waals surface area contributed by atoms with E-state index in [4.69, 9.17) is 10.5 Å². The van der Waals surface area contributed by atoms with Gasteiger partial charge in [0.2, 0.25) is 5.88 Å². The molecule has 1 aromatic heterocycles. The quantitative estimate of drug-likeness (QED) is 0.845. The summed E-state index contributed by atoms with van der Waals surface area (Å²) in [5.41, 5.74) is 7.20. The standard InChI is InChI=1S/C14H17N3O/c1-18-14-9-5-8-13(17-14)16-10-12(15)11-6-3-2-4-7-11/h2-9,12H,10,15H2,1H3,(H,16,17). The van der Waals surface area contributed by atoms with Crippen molar-refractivity contribution in [3.63, 3.8) is 0 Å². The van der Waals surface area contributed by atoms with Crippen molar-refractivity contribution in [2.45, 2.75) is 6.04 Å². The van der Waals surface area contributed by atoms with Gasteiger partial charge < -0.3 is 15.8 Å². The molecule has 0 aliphatic heterocycles. The van der Waals surface area contributed by atoms with E-state index in [1.165, 1.54) is 0 Å². The fraction of sp³-hybridized carbons (Fsp3) is 0.214. The lowest BCUT2D eigenvalue weighted by Crippen LogP contribution is -2.20. The van der Waals surface area contributed by atoms with Gasteiger partial charge in [0.25, 0.3) is 0 Å². The van der Waals surface area contributed by atoms with Gasteiger partial charge in [-0.3, -0.25) is 0 Å². The summed E-state index contributed by atoms with van der Waals surface area (Å²) in [5.74, 6) is 1.36. The molecule has 1 atom stereocenters. The van der Waals surface area contributed by atoms with Gasteiger partial charge in [-0.1, -0.05) is 36.4 Å². The number of benzene rings is 1. The van der Waals surface area contributed by atoms with Crippen molar-refractivity contribution in [1.82, 2.24) is 4.98 Å². The lowest BCUT2D eigenvalue weighted by molar-refractivity contribution is 0.398. The normalized spacial score (nSPS) is 11.9. The summed E-state index contributed by atoms with van der Waals surface area (Å²) in [7, 11) is 1.60. The number of anilines is 1. The minimum Gasteiger partial charge on any atom is -0.481 e. The molecule has 0 aliphatic carbocycles. The van der Waals surface area contributed by atoms with Crippen molar-refractivity contribution in [1.29, 1.82) is 0 Å². The molecule has 1 unspecified atom stereocenters. The van der Waals surface area contributed by atoms with Gasteiger partial charge in [0, 0.05) is 18.7 Å². The molecule has 0 saturated heterocycles. The zero-order valence-corrected chi connectivity index (χ0v) is 10.3. The first-order valence-electron chi connectivity index (χ1n) is 5.85. The first kappa shape index (κ1) is 12.4. The van der Waals surface area contributed by atoms with Crippen molar-refractivity contribution in [3.05, 3.63) is 54.1 Å². The van der Waals surface area contributed by atoms with Gasteiger partial charge in [0.1, 0.15) is 5.82 Å². The van der Waals surface area contributed by atoms with Gasteiger partial charge in [0.05, 0.1) is 7.11 Å². The molecule has 0 spiro atoms. The Morgan fingerprint density at radius 2 is 1.94 bits per heavy atom. The maximum atomic E-state index is 6.09. The van der Waals surface area contributed by atoms with Gasteiger partial charge >= 0.3 is 0 Å². The van der Waals surface area contributed by atoms with E-state index < -0.39 is 0 Å². The Kier molecular flexibility index (Phi) is 4.15. The fourth-order valence-electron chi connectivity index (χ4n) is 1.66. The van der Waals surface area contributed by atoms with Crippen LogP contribution in [0.2, 0.25) is 0 Å². The molecule has 4 nitrogen and oxygen atoms in total. The highest BCUT2D eigenvalue weighted by molar-refractivity contribution is 5.37. The molecule has 1 heterocycles. The number of rotatable bonds is 5. The Bertz CT molecular complexity index is 487. The predicted molar refractivity (Wildman–Crippen MR) is 72.6 cm³/mol. The summed E-state index contributed by atoms with van der Waals surface area (Å²) >= 11 is 0. The highest BCUT2D eigenvalue weighted by atomic mass is 16.5. The van der Waals surface area contributed by atoms with E-state index >= 15 is 0 Å². The minimum absolute atomic E-state index is 0.0563. The summed E-state index contributed by atoms with van der Waals surface area (Å²) in [4.78, 5) is 4.27. The Balaban J connectivity index is 1.95. The maximum absolute atomic E-state index is 6.09. The number of nitrogens with one attached hydrogen (secondary N) is 1. The van der Waals surface area contributed by atoms with E-state index in [2.05, 4.69) is 10.3 Å². The molecule has 18 heavy (non-hydrogen) atoms. The Hall–Kier alpha value is -2.07. The molecule has 3 N–H and O–H groups in total. The zero-order chi connectivity index (χ0) is 12.8. The third-order valence-corrected chi connectivity index (χ3v) is 2.66. The monoisotopic (exact) mass is 243 g/mol. The molecule has 0 radical (unpaired) electrons. The van der Waals surface area contributed by atoms with Crippen molar-refractivity contribution in [3.8, 4) is 5.88 Å². The van der Waals surface area contributed by atoms with E-state index in [0.717, 1.165) is 11.4 Å². The molecule has 1 aromatic carbocycles. The summed E-state index contributed by atoms with van der Waals surface area (Å²) in [6.07, 6.45) is 0. The molecule has 2 rings (SSSR count). The van der Waals surface area contributed by atoms with Crippen LogP contribution in [0.25, 0.3) is 0 Å². The minimum atomic E-state index is -0.0563. The van der Waals surface area contributed by atoms with Crippen LogP contribution in [0.1, 0.15) is 11.6 Å². The van der Waals surface area contributed by atoms with Gasteiger partial charge in [0.15, 0.2) is 0 Å². The number of hydrogen-bond acceptors (Lipinski definition) is 4. The fourth-order valence-corrected chi connectivity index (χ4v) is 1.66. The van der Waals surface area contributed by atoms with Crippen LogP contribution in [0.3, 0.4) is 0 Å². The number of nitrogens with two attached hydrogens (primary N) is 1. The van der Waals surface area contributed by atoms with Crippen LogP contribution in [0.4, 0.5) is 5.82 Å². The van der Waals surface area contributed by atoms with Crippen LogP contribution in [0, 0.1) is 0 Å². The molecule has 0 saturated carbocycles. The van der Waals surface area contributed by atoms with Crippen molar-refractivity contribution >= 4 is 5.82 Å². The number of ether oxygens (including phenoxy) is 1. The predicted octanol–water partition coefficient (Wildman–Crippen LogP) is 2.20. The SMILES string of the molecule is COc1cccc(NCC(N)c2ccccc2)n1. The highest BCUT2D eigenvalue weighted by Crippen LogP contribution is 2.13. The molecule has 94 valence electrons. The summed E-state index contributed by atoms with van der Waals surface area (Å²) in [6, 6.07) is 15.5. The molecule has 0 amide bonds. The molecular weight excluding hydrogens is 226 g/mol. The second kappa shape index (κ2) is 6.02. The second-order valence-corrected chi connectivity index (χ2v) is 3.96. The Morgan fingerprint density at radius 3 is 2.67 bits per heavy atom. The van der Waals surface area contributed by atoms with E-state index in [-0.39, 0.29) is 6.04 Å². The number of methoxy groups -OCH3 is 1. The third-order valence-electron chi connectivity index (χ3n) is 2.66. The van der Waals surface area contributed by atoms with Crippen molar-refractivity contribution in [2.75, 3.05) is 19.0 Å². The average Bonchev–Trinajstić information content (AvgIpc) is 2.46. The summed E-state index contributed by atoms with van der Waals surface area (Å²) in [6.45, 7) is 0.629. The highest BCUT2D eigenvalue weighted by Gasteiger charge is 2.05. The Labute approximate surface area is 107 Å². The van der Waals surface area contributed by atoms with Gasteiger partial charge in [-0.2, -0.15) is 4.98 Å². The van der Waals surface area contributed by atoms with E-state index in [1.54, 1.807) is 7.11 Å². The Morgan fingerprint density at radius 1 is 1.17 bits per heavy atom. The van der Waals surface area contributed by atoms with Crippen LogP contribution < -0.4 is 15.8 Å². The lowest BCUT2D eigenvalue weighted by Gasteiger charge is -2.13. The number of aromatic nitrogens is 1. The molecule has 0 aliphatic rings. The number of hydrogen-bond donors (Lipinski definition) is 2. The van der Waals surface area contributed by atoms with Gasteiger partial charge in [-0.15, -0.1) is 0 Å². The summed E-state index contributed by atoms with van der Waals surface area (Å²) in [5, 5.41) is 3.20. The molecule has 0 bridgehead atoms. The van der Waals surface area contributed by atoms with Crippen LogP contribution >= 0.6 is 0 Å². The van der Waals surface area contributed by atoms with Crippen molar-refractivity contribution < 1.29 is 4.74 Å². The lowest BCUT2D eigenvalue weighted by atomic mass is 10.1. The third kappa shape index (κ3) is 3.21. The number of nitrogens with zero attached hydrogens (tertiary/aromatic N) is 1. The van der Waals surface area contributed by atoms with E-state index in [9.17, 15) is 0 Å². The molecule has 0 fully saturated rings.